The van der Waals surface area contributed by atoms with Crippen molar-refractivity contribution < 1.29 is 14.3 Å². The van der Waals surface area contributed by atoms with E-state index in [2.05, 4.69) is 10.3 Å². The molecule has 7 nitrogen and oxygen atoms in total. The summed E-state index contributed by atoms with van der Waals surface area (Å²) in [6, 6.07) is 16.2. The number of nitrogens with zero attached hydrogens (tertiary/aromatic N) is 2. The van der Waals surface area contributed by atoms with E-state index in [0.717, 1.165) is 11.3 Å². The summed E-state index contributed by atoms with van der Waals surface area (Å²) in [5, 5.41) is 4.77. The minimum atomic E-state index is -0.697. The molecule has 8 heteroatoms. The van der Waals surface area contributed by atoms with Crippen LogP contribution in [0.2, 0.25) is 0 Å². The van der Waals surface area contributed by atoms with Crippen molar-refractivity contribution in [1.82, 2.24) is 9.38 Å². The number of benzene rings is 2. The highest BCUT2D eigenvalue weighted by Crippen LogP contribution is 2.27. The fraction of sp³-hybridized carbons (Fsp3) is 0.208. The van der Waals surface area contributed by atoms with E-state index < -0.39 is 6.10 Å². The second kappa shape index (κ2) is 9.23. The van der Waals surface area contributed by atoms with E-state index in [9.17, 15) is 9.59 Å². The minimum Gasteiger partial charge on any atom is -0.485 e. The molecule has 164 valence electrons. The predicted octanol–water partition coefficient (Wildman–Crippen LogP) is 4.36. The topological polar surface area (TPSA) is 81.9 Å². The number of aromatic nitrogens is 2. The zero-order chi connectivity index (χ0) is 22.7. The summed E-state index contributed by atoms with van der Waals surface area (Å²) in [4.78, 5) is 30.2. The van der Waals surface area contributed by atoms with Crippen LogP contribution in [-0.4, -0.2) is 21.4 Å². The van der Waals surface area contributed by atoms with Crippen molar-refractivity contribution in [2.45, 2.75) is 33.5 Å². The highest BCUT2D eigenvalue weighted by Gasteiger charge is 2.17. The molecule has 0 fully saturated rings. The van der Waals surface area contributed by atoms with Gasteiger partial charge in [-0.1, -0.05) is 24.3 Å². The molecule has 0 aliphatic carbocycles. The molecule has 2 aromatic carbocycles. The van der Waals surface area contributed by atoms with Gasteiger partial charge in [0.25, 0.3) is 11.5 Å². The normalized spacial score (nSPS) is 11.8. The number of hydrogen-bond acceptors (Lipinski definition) is 6. The average Bonchev–Trinajstić information content (AvgIpc) is 3.15. The van der Waals surface area contributed by atoms with Crippen molar-refractivity contribution >= 4 is 27.9 Å². The maximum absolute atomic E-state index is 12.7. The average molecular weight is 450 g/mol. The molecule has 0 radical (unpaired) electrons. The molecule has 2 aromatic heterocycles. The first kappa shape index (κ1) is 21.6. The Kier molecular flexibility index (Phi) is 6.23. The third-order valence-corrected chi connectivity index (χ3v) is 5.77. The van der Waals surface area contributed by atoms with E-state index in [-0.39, 0.29) is 18.1 Å². The standard InChI is InChI=1S/C24H23N3O4S/c1-15-9-10-21(30-13-18-12-22(28)27-16(2)14-32-24(27)25-18)20(11-15)26-23(29)17(3)31-19-7-5-4-6-8-19/h4-12,14,17H,13H2,1-3H3,(H,26,29)/t17-/m0/s1. The quantitative estimate of drug-likeness (QED) is 0.453. The summed E-state index contributed by atoms with van der Waals surface area (Å²) in [5.74, 6) is 0.809. The number of aryl methyl sites for hydroxylation is 2. The third kappa shape index (κ3) is 4.81. The van der Waals surface area contributed by atoms with E-state index in [1.54, 1.807) is 29.5 Å². The lowest BCUT2D eigenvalue weighted by Crippen LogP contribution is -2.30. The molecule has 1 amide bonds. The Labute approximate surface area is 189 Å². The Hall–Kier alpha value is -3.65. The van der Waals surface area contributed by atoms with Gasteiger partial charge in [-0.15, -0.1) is 11.3 Å². The van der Waals surface area contributed by atoms with Gasteiger partial charge in [0.2, 0.25) is 0 Å². The van der Waals surface area contributed by atoms with Crippen molar-refractivity contribution in [3.63, 3.8) is 0 Å². The van der Waals surface area contributed by atoms with Crippen molar-refractivity contribution in [1.29, 1.82) is 0 Å². The van der Waals surface area contributed by atoms with Crippen LogP contribution in [0.5, 0.6) is 11.5 Å². The van der Waals surface area contributed by atoms with Crippen LogP contribution in [0.4, 0.5) is 5.69 Å². The van der Waals surface area contributed by atoms with E-state index in [1.807, 2.05) is 49.6 Å². The fourth-order valence-electron chi connectivity index (χ4n) is 3.18. The number of para-hydroxylation sites is 1. The first-order chi connectivity index (χ1) is 15.4. The number of rotatable bonds is 7. The molecule has 0 aliphatic heterocycles. The van der Waals surface area contributed by atoms with Gasteiger partial charge < -0.3 is 14.8 Å². The molecular weight excluding hydrogens is 426 g/mol. The molecule has 32 heavy (non-hydrogen) atoms. The van der Waals surface area contributed by atoms with Gasteiger partial charge in [0, 0.05) is 17.1 Å². The second-order valence-electron chi connectivity index (χ2n) is 7.43. The van der Waals surface area contributed by atoms with Crippen LogP contribution in [0.1, 0.15) is 23.9 Å². The van der Waals surface area contributed by atoms with Gasteiger partial charge in [0.1, 0.15) is 18.1 Å². The van der Waals surface area contributed by atoms with Crippen LogP contribution in [0.15, 0.2) is 64.8 Å². The number of carbonyl (C=O) groups is 1. The molecule has 4 rings (SSSR count). The summed E-state index contributed by atoms with van der Waals surface area (Å²) < 4.78 is 13.2. The Bertz CT molecular complexity index is 1310. The van der Waals surface area contributed by atoms with Crippen LogP contribution >= 0.6 is 11.3 Å². The van der Waals surface area contributed by atoms with Crippen LogP contribution in [0, 0.1) is 13.8 Å². The molecule has 0 unspecified atom stereocenters. The van der Waals surface area contributed by atoms with Gasteiger partial charge in [0.05, 0.1) is 11.4 Å². The summed E-state index contributed by atoms with van der Waals surface area (Å²) in [6.45, 7) is 5.59. The molecule has 4 aromatic rings. The highest BCUT2D eigenvalue weighted by molar-refractivity contribution is 7.15. The molecule has 0 aliphatic rings. The van der Waals surface area contributed by atoms with Crippen LogP contribution in [-0.2, 0) is 11.4 Å². The van der Waals surface area contributed by atoms with E-state index in [0.29, 0.717) is 27.8 Å². The number of hydrogen-bond donors (Lipinski definition) is 1. The Balaban J connectivity index is 1.48. The summed E-state index contributed by atoms with van der Waals surface area (Å²) >= 11 is 1.41. The third-order valence-electron chi connectivity index (χ3n) is 4.82. The maximum Gasteiger partial charge on any atom is 0.265 e. The van der Waals surface area contributed by atoms with Gasteiger partial charge in [-0.2, -0.15) is 0 Å². The largest absolute Gasteiger partial charge is 0.485 e. The summed E-state index contributed by atoms with van der Waals surface area (Å²) in [6.07, 6.45) is -0.697. The lowest BCUT2D eigenvalue weighted by atomic mass is 10.2. The van der Waals surface area contributed by atoms with Gasteiger partial charge in [0.15, 0.2) is 11.1 Å². The first-order valence-corrected chi connectivity index (χ1v) is 11.0. The van der Waals surface area contributed by atoms with E-state index >= 15 is 0 Å². The lowest BCUT2D eigenvalue weighted by Gasteiger charge is -2.17. The highest BCUT2D eigenvalue weighted by atomic mass is 32.1. The van der Waals surface area contributed by atoms with Crippen LogP contribution in [0.25, 0.3) is 4.96 Å². The van der Waals surface area contributed by atoms with E-state index in [1.165, 1.54) is 17.4 Å². The predicted molar refractivity (Wildman–Crippen MR) is 125 cm³/mol. The number of carbonyl (C=O) groups excluding carboxylic acids is 1. The molecule has 0 bridgehead atoms. The van der Waals surface area contributed by atoms with Crippen LogP contribution < -0.4 is 20.3 Å². The Morgan fingerprint density at radius 3 is 2.72 bits per heavy atom. The van der Waals surface area contributed by atoms with Crippen molar-refractivity contribution in [2.24, 2.45) is 0 Å². The molecule has 1 atom stereocenters. The van der Waals surface area contributed by atoms with Gasteiger partial charge in [-0.3, -0.25) is 14.0 Å². The molecule has 1 N–H and O–H groups in total. The number of nitrogens with one attached hydrogen (secondary N) is 1. The monoisotopic (exact) mass is 449 g/mol. The van der Waals surface area contributed by atoms with Gasteiger partial charge >= 0.3 is 0 Å². The molecule has 0 spiro atoms. The van der Waals surface area contributed by atoms with E-state index in [4.69, 9.17) is 9.47 Å². The zero-order valence-electron chi connectivity index (χ0n) is 18.0. The molecule has 2 heterocycles. The molecule has 0 saturated heterocycles. The van der Waals surface area contributed by atoms with Crippen molar-refractivity contribution in [3.8, 4) is 11.5 Å². The zero-order valence-corrected chi connectivity index (χ0v) is 18.8. The summed E-state index contributed by atoms with van der Waals surface area (Å²) in [7, 11) is 0. The number of anilines is 1. The van der Waals surface area contributed by atoms with Crippen molar-refractivity contribution in [3.05, 3.63) is 87.3 Å². The second-order valence-corrected chi connectivity index (χ2v) is 8.27. The number of fused-ring (bicyclic) bond motifs is 1. The number of amides is 1. The lowest BCUT2D eigenvalue weighted by molar-refractivity contribution is -0.122. The SMILES string of the molecule is Cc1ccc(OCc2cc(=O)n3c(C)csc3n2)c(NC(=O)[C@H](C)Oc2ccccc2)c1. The smallest absolute Gasteiger partial charge is 0.265 e. The molecule has 0 saturated carbocycles. The number of thiazole rings is 1. The van der Waals surface area contributed by atoms with Gasteiger partial charge in [-0.25, -0.2) is 4.98 Å². The van der Waals surface area contributed by atoms with Crippen molar-refractivity contribution in [2.75, 3.05) is 5.32 Å². The molecular formula is C24H23N3O4S. The Morgan fingerprint density at radius 2 is 1.94 bits per heavy atom. The fourth-order valence-corrected chi connectivity index (χ4v) is 4.08. The Morgan fingerprint density at radius 1 is 1.16 bits per heavy atom. The summed E-state index contributed by atoms with van der Waals surface area (Å²) in [5.41, 5.74) is 2.73. The van der Waals surface area contributed by atoms with Crippen LogP contribution in [0.3, 0.4) is 0 Å². The number of ether oxygens (including phenoxy) is 2. The first-order valence-electron chi connectivity index (χ1n) is 10.1. The maximum atomic E-state index is 12.7. The van der Waals surface area contributed by atoms with Gasteiger partial charge in [-0.05, 0) is 50.6 Å². The minimum absolute atomic E-state index is 0.102.